The smallest absolute Gasteiger partial charge is 0.152 e. The fourth-order valence-corrected chi connectivity index (χ4v) is 2.87. The molecule has 4 nitrogen and oxygen atoms in total. The molecule has 0 aliphatic rings. The van der Waals surface area contributed by atoms with Crippen molar-refractivity contribution >= 4 is 22.6 Å². The molecule has 0 spiro atoms. The molecule has 0 aliphatic heterocycles. The van der Waals surface area contributed by atoms with Crippen molar-refractivity contribution in [1.82, 2.24) is 14.3 Å². The molecule has 1 aromatic rings. The van der Waals surface area contributed by atoms with E-state index in [2.05, 4.69) is 9.97 Å². The van der Waals surface area contributed by atoms with Crippen LogP contribution in [0.4, 0.5) is 0 Å². The van der Waals surface area contributed by atoms with Gasteiger partial charge in [-0.25, -0.2) is 13.5 Å². The van der Waals surface area contributed by atoms with Crippen LogP contribution in [0.15, 0.2) is 12.4 Å². The van der Waals surface area contributed by atoms with E-state index in [1.54, 1.807) is 23.7 Å². The Hall–Kier alpha value is -0.520. The van der Waals surface area contributed by atoms with Crippen LogP contribution < -0.4 is 0 Å². The Morgan fingerprint density at radius 2 is 1.88 bits per heavy atom. The minimum absolute atomic E-state index is 0.142. The summed E-state index contributed by atoms with van der Waals surface area (Å²) in [4.78, 5) is 8.17. The Morgan fingerprint density at radius 3 is 2.35 bits per heavy atom. The van der Waals surface area contributed by atoms with Crippen molar-refractivity contribution in [3.63, 3.8) is 0 Å². The van der Waals surface area contributed by atoms with Crippen molar-refractivity contribution in [2.24, 2.45) is 0 Å². The molecule has 0 N–H and O–H groups in total. The molecule has 17 heavy (non-hydrogen) atoms. The minimum atomic E-state index is -1.11. The SMILES string of the molecule is CC(c1nccnc1Cl)N(C)S(=O)C(C)(C)C. The molecular formula is C11H18ClN3OS. The Balaban J connectivity index is 2.95. The lowest BCUT2D eigenvalue weighted by atomic mass is 10.2. The maximum absolute atomic E-state index is 12.2. The van der Waals surface area contributed by atoms with Crippen LogP contribution in [0.1, 0.15) is 39.4 Å². The standard InChI is InChI=1S/C11H18ClN3OS/c1-8(9-10(12)14-7-6-13-9)15(5)17(16)11(2,3)4/h6-8H,1-5H3. The zero-order chi connectivity index (χ0) is 13.2. The maximum Gasteiger partial charge on any atom is 0.152 e. The molecule has 1 rings (SSSR count). The number of aromatic nitrogens is 2. The molecule has 0 radical (unpaired) electrons. The number of hydrogen-bond donors (Lipinski definition) is 0. The largest absolute Gasteiger partial charge is 0.255 e. The summed E-state index contributed by atoms with van der Waals surface area (Å²) in [7, 11) is 0.689. The van der Waals surface area contributed by atoms with Crippen LogP contribution in [-0.4, -0.2) is 30.3 Å². The van der Waals surface area contributed by atoms with E-state index in [1.165, 1.54) is 0 Å². The molecule has 96 valence electrons. The van der Waals surface area contributed by atoms with Gasteiger partial charge in [0, 0.05) is 19.4 Å². The van der Waals surface area contributed by atoms with Crippen LogP contribution in [-0.2, 0) is 11.0 Å². The summed E-state index contributed by atoms with van der Waals surface area (Å²) in [6, 6.07) is -0.142. The van der Waals surface area contributed by atoms with Gasteiger partial charge in [-0.05, 0) is 27.7 Å². The molecule has 2 atom stereocenters. The van der Waals surface area contributed by atoms with Crippen molar-refractivity contribution < 1.29 is 4.21 Å². The molecule has 0 fully saturated rings. The quantitative estimate of drug-likeness (QED) is 0.852. The lowest BCUT2D eigenvalue weighted by Crippen LogP contribution is -2.36. The van der Waals surface area contributed by atoms with Crippen molar-refractivity contribution in [2.75, 3.05) is 7.05 Å². The van der Waals surface area contributed by atoms with Gasteiger partial charge < -0.3 is 0 Å². The predicted octanol–water partition coefficient (Wildman–Crippen LogP) is 2.59. The van der Waals surface area contributed by atoms with Crippen molar-refractivity contribution in [3.8, 4) is 0 Å². The first-order chi connectivity index (χ1) is 7.75. The van der Waals surface area contributed by atoms with Gasteiger partial charge in [0.15, 0.2) is 5.15 Å². The summed E-state index contributed by atoms with van der Waals surface area (Å²) in [5.74, 6) is 0. The number of halogens is 1. The fraction of sp³-hybridized carbons (Fsp3) is 0.636. The lowest BCUT2D eigenvalue weighted by Gasteiger charge is -2.29. The molecular weight excluding hydrogens is 258 g/mol. The van der Waals surface area contributed by atoms with Crippen LogP contribution >= 0.6 is 11.6 Å². The third kappa shape index (κ3) is 3.47. The van der Waals surface area contributed by atoms with Crippen LogP contribution in [0.2, 0.25) is 5.15 Å². The second-order valence-electron chi connectivity index (χ2n) is 4.82. The van der Waals surface area contributed by atoms with Crippen molar-refractivity contribution in [1.29, 1.82) is 0 Å². The first-order valence-electron chi connectivity index (χ1n) is 5.36. The normalized spacial score (nSPS) is 15.9. The Bertz CT molecular complexity index is 419. The van der Waals surface area contributed by atoms with Crippen LogP contribution in [0, 0.1) is 0 Å². The Morgan fingerprint density at radius 1 is 1.35 bits per heavy atom. The van der Waals surface area contributed by atoms with E-state index in [0.29, 0.717) is 10.8 Å². The third-order valence-electron chi connectivity index (χ3n) is 2.41. The van der Waals surface area contributed by atoms with Crippen LogP contribution in [0.5, 0.6) is 0 Å². The zero-order valence-electron chi connectivity index (χ0n) is 10.8. The first-order valence-corrected chi connectivity index (χ1v) is 6.85. The van der Waals surface area contributed by atoms with E-state index in [0.717, 1.165) is 0 Å². The summed E-state index contributed by atoms with van der Waals surface area (Å²) in [6.07, 6.45) is 3.13. The van der Waals surface area contributed by atoms with Gasteiger partial charge in [0.1, 0.15) is 11.0 Å². The van der Waals surface area contributed by atoms with Crippen molar-refractivity contribution in [3.05, 3.63) is 23.2 Å². The van der Waals surface area contributed by atoms with E-state index in [-0.39, 0.29) is 10.8 Å². The molecule has 0 amide bonds. The molecule has 0 aromatic carbocycles. The monoisotopic (exact) mass is 275 g/mol. The highest BCUT2D eigenvalue weighted by molar-refractivity contribution is 7.84. The molecule has 1 aromatic heterocycles. The zero-order valence-corrected chi connectivity index (χ0v) is 12.3. The average molecular weight is 276 g/mol. The summed E-state index contributed by atoms with van der Waals surface area (Å²) < 4.78 is 13.7. The van der Waals surface area contributed by atoms with Crippen molar-refractivity contribution in [2.45, 2.75) is 38.5 Å². The summed E-state index contributed by atoms with van der Waals surface area (Å²) in [5, 5.41) is 0.359. The van der Waals surface area contributed by atoms with Gasteiger partial charge >= 0.3 is 0 Å². The van der Waals surface area contributed by atoms with E-state index in [9.17, 15) is 4.21 Å². The second kappa shape index (κ2) is 5.42. The fourth-order valence-electron chi connectivity index (χ4n) is 1.36. The van der Waals surface area contributed by atoms with Gasteiger partial charge in [-0.2, -0.15) is 0 Å². The summed E-state index contributed by atoms with van der Waals surface area (Å²) in [5.41, 5.74) is 0.647. The van der Waals surface area contributed by atoms with E-state index in [4.69, 9.17) is 11.6 Å². The summed E-state index contributed by atoms with van der Waals surface area (Å²) in [6.45, 7) is 7.72. The minimum Gasteiger partial charge on any atom is -0.255 e. The summed E-state index contributed by atoms with van der Waals surface area (Å²) >= 11 is 5.98. The second-order valence-corrected chi connectivity index (χ2v) is 7.47. The lowest BCUT2D eigenvalue weighted by molar-refractivity contribution is 0.409. The molecule has 0 aliphatic carbocycles. The maximum atomic E-state index is 12.2. The van der Waals surface area contributed by atoms with Gasteiger partial charge in [0.05, 0.1) is 16.5 Å². The van der Waals surface area contributed by atoms with Gasteiger partial charge in [0.25, 0.3) is 0 Å². The molecule has 0 saturated carbocycles. The molecule has 0 saturated heterocycles. The Labute approximate surface area is 110 Å². The number of nitrogens with zero attached hydrogens (tertiary/aromatic N) is 3. The van der Waals surface area contributed by atoms with Gasteiger partial charge in [-0.1, -0.05) is 11.6 Å². The predicted molar refractivity (Wildman–Crippen MR) is 71.1 cm³/mol. The van der Waals surface area contributed by atoms with Gasteiger partial charge in [-0.3, -0.25) is 4.98 Å². The average Bonchev–Trinajstić information content (AvgIpc) is 2.25. The topological polar surface area (TPSA) is 46.1 Å². The van der Waals surface area contributed by atoms with Crippen LogP contribution in [0.25, 0.3) is 0 Å². The van der Waals surface area contributed by atoms with E-state index >= 15 is 0 Å². The molecule has 2 unspecified atom stereocenters. The first kappa shape index (κ1) is 14.5. The highest BCUT2D eigenvalue weighted by Gasteiger charge is 2.28. The number of rotatable bonds is 3. The molecule has 1 heterocycles. The highest BCUT2D eigenvalue weighted by atomic mass is 35.5. The molecule has 6 heteroatoms. The Kier molecular flexibility index (Phi) is 4.63. The third-order valence-corrected chi connectivity index (χ3v) is 4.58. The number of hydrogen-bond acceptors (Lipinski definition) is 3. The van der Waals surface area contributed by atoms with E-state index < -0.39 is 11.0 Å². The van der Waals surface area contributed by atoms with Gasteiger partial charge in [0.2, 0.25) is 0 Å². The van der Waals surface area contributed by atoms with Gasteiger partial charge in [-0.15, -0.1) is 0 Å². The molecule has 0 bridgehead atoms. The van der Waals surface area contributed by atoms with E-state index in [1.807, 2.05) is 27.7 Å². The van der Waals surface area contributed by atoms with Crippen LogP contribution in [0.3, 0.4) is 0 Å². The highest BCUT2D eigenvalue weighted by Crippen LogP contribution is 2.26.